The Labute approximate surface area is 102 Å². The summed E-state index contributed by atoms with van der Waals surface area (Å²) < 4.78 is 18.7. The maximum Gasteiger partial charge on any atom is 0.169 e. The average molecular weight is 248 g/mol. The molecule has 0 amide bonds. The first kappa shape index (κ1) is 15.2. The van der Waals surface area contributed by atoms with E-state index in [1.54, 1.807) is 18.2 Å². The highest BCUT2D eigenvalue weighted by atomic mass is 35.5. The van der Waals surface area contributed by atoms with Gasteiger partial charge in [-0.1, -0.05) is 31.9 Å². The first-order chi connectivity index (χ1) is 7.20. The van der Waals surface area contributed by atoms with Crippen molar-refractivity contribution in [2.75, 3.05) is 7.11 Å². The van der Waals surface area contributed by atoms with E-state index < -0.39 is 0 Å². The van der Waals surface area contributed by atoms with Crippen LogP contribution >= 0.6 is 12.4 Å². The van der Waals surface area contributed by atoms with Crippen LogP contribution in [-0.2, 0) is 0 Å². The molecule has 0 radical (unpaired) electrons. The molecular weight excluding hydrogens is 229 g/mol. The number of benzene rings is 1. The van der Waals surface area contributed by atoms with Crippen molar-refractivity contribution in [3.05, 3.63) is 29.6 Å². The fraction of sp³-hybridized carbons (Fsp3) is 0.500. The predicted molar refractivity (Wildman–Crippen MR) is 66.7 cm³/mol. The molecule has 0 aliphatic rings. The second-order valence-electron chi connectivity index (χ2n) is 3.61. The molecule has 2 N–H and O–H groups in total. The lowest BCUT2D eigenvalue weighted by Crippen LogP contribution is -2.12. The van der Waals surface area contributed by atoms with Crippen molar-refractivity contribution in [2.24, 2.45) is 5.73 Å². The molecule has 1 rings (SSSR count). The maximum absolute atomic E-state index is 13.7. The molecule has 4 heteroatoms. The second kappa shape index (κ2) is 7.47. The number of methoxy groups -OCH3 is 1. The van der Waals surface area contributed by atoms with Gasteiger partial charge < -0.3 is 10.5 Å². The fourth-order valence-electron chi connectivity index (χ4n) is 1.55. The lowest BCUT2D eigenvalue weighted by molar-refractivity contribution is 0.381. The smallest absolute Gasteiger partial charge is 0.169 e. The van der Waals surface area contributed by atoms with E-state index in [4.69, 9.17) is 10.5 Å². The van der Waals surface area contributed by atoms with Crippen LogP contribution in [0.15, 0.2) is 18.2 Å². The van der Waals surface area contributed by atoms with Gasteiger partial charge in [0.25, 0.3) is 0 Å². The molecule has 0 aromatic heterocycles. The van der Waals surface area contributed by atoms with Gasteiger partial charge in [-0.15, -0.1) is 12.4 Å². The van der Waals surface area contributed by atoms with Crippen molar-refractivity contribution in [3.8, 4) is 5.75 Å². The Morgan fingerprint density at radius 2 is 2.12 bits per heavy atom. The zero-order chi connectivity index (χ0) is 11.3. The Morgan fingerprint density at radius 1 is 1.44 bits per heavy atom. The molecule has 2 nitrogen and oxygen atoms in total. The van der Waals surface area contributed by atoms with Crippen LogP contribution in [0.2, 0.25) is 0 Å². The van der Waals surface area contributed by atoms with E-state index in [-0.39, 0.29) is 30.0 Å². The summed E-state index contributed by atoms with van der Waals surface area (Å²) in [6, 6.07) is 4.85. The Balaban J connectivity index is 0.00000225. The average Bonchev–Trinajstić information content (AvgIpc) is 2.26. The summed E-state index contributed by atoms with van der Waals surface area (Å²) >= 11 is 0. The Bertz CT molecular complexity index is 320. The van der Waals surface area contributed by atoms with Crippen molar-refractivity contribution in [1.29, 1.82) is 0 Å². The fourth-order valence-corrected chi connectivity index (χ4v) is 1.55. The summed E-state index contributed by atoms with van der Waals surface area (Å²) in [6.45, 7) is 2.09. The largest absolute Gasteiger partial charge is 0.494 e. The first-order valence-corrected chi connectivity index (χ1v) is 5.28. The van der Waals surface area contributed by atoms with E-state index in [2.05, 4.69) is 6.92 Å². The lowest BCUT2D eigenvalue weighted by Gasteiger charge is -2.13. The van der Waals surface area contributed by atoms with Gasteiger partial charge in [0.2, 0.25) is 0 Å². The molecule has 0 unspecified atom stereocenters. The summed E-state index contributed by atoms with van der Waals surface area (Å²) in [5.41, 5.74) is 6.45. The third-order valence-electron chi connectivity index (χ3n) is 2.48. The van der Waals surface area contributed by atoms with Crippen molar-refractivity contribution < 1.29 is 9.13 Å². The van der Waals surface area contributed by atoms with Crippen LogP contribution in [0.25, 0.3) is 0 Å². The Kier molecular flexibility index (Phi) is 7.10. The number of hydrogen-bond donors (Lipinski definition) is 1. The highest BCUT2D eigenvalue weighted by Gasteiger charge is 2.14. The molecular formula is C12H19ClFNO. The van der Waals surface area contributed by atoms with Crippen molar-refractivity contribution >= 4 is 12.4 Å². The molecule has 0 aliphatic carbocycles. The van der Waals surface area contributed by atoms with Gasteiger partial charge in [-0.3, -0.25) is 0 Å². The van der Waals surface area contributed by atoms with Gasteiger partial charge >= 0.3 is 0 Å². The van der Waals surface area contributed by atoms with Gasteiger partial charge in [-0.05, 0) is 12.5 Å². The number of nitrogens with two attached hydrogens (primary N) is 1. The molecule has 0 bridgehead atoms. The summed E-state index contributed by atoms with van der Waals surface area (Å²) in [5, 5.41) is 0. The normalized spacial score (nSPS) is 11.8. The van der Waals surface area contributed by atoms with E-state index in [0.29, 0.717) is 5.56 Å². The summed E-state index contributed by atoms with van der Waals surface area (Å²) in [6.07, 6.45) is 2.89. The molecule has 0 saturated carbocycles. The third kappa shape index (κ3) is 3.65. The predicted octanol–water partition coefficient (Wildman–Crippen LogP) is 3.45. The topological polar surface area (TPSA) is 35.2 Å². The molecule has 0 spiro atoms. The van der Waals surface area contributed by atoms with E-state index >= 15 is 0 Å². The Morgan fingerprint density at radius 3 is 2.69 bits per heavy atom. The van der Waals surface area contributed by atoms with Gasteiger partial charge in [0.15, 0.2) is 11.6 Å². The minimum absolute atomic E-state index is 0. The molecule has 1 atom stereocenters. The van der Waals surface area contributed by atoms with Gasteiger partial charge in [0.1, 0.15) is 0 Å². The monoisotopic (exact) mass is 247 g/mol. The second-order valence-corrected chi connectivity index (χ2v) is 3.61. The molecule has 92 valence electrons. The van der Waals surface area contributed by atoms with Crippen LogP contribution in [0.5, 0.6) is 5.75 Å². The standard InChI is InChI=1S/C12H18FNO.ClH/c1-3-4-7-10(14)9-6-5-8-11(15-2)12(9)13;/h5-6,8,10H,3-4,7,14H2,1-2H3;1H/t10-;/m0./s1. The zero-order valence-electron chi connectivity index (χ0n) is 9.70. The zero-order valence-corrected chi connectivity index (χ0v) is 10.5. The van der Waals surface area contributed by atoms with Crippen LogP contribution < -0.4 is 10.5 Å². The quantitative estimate of drug-likeness (QED) is 0.865. The van der Waals surface area contributed by atoms with Crippen LogP contribution in [0, 0.1) is 5.82 Å². The van der Waals surface area contributed by atoms with Gasteiger partial charge in [0.05, 0.1) is 7.11 Å². The van der Waals surface area contributed by atoms with Crippen molar-refractivity contribution in [1.82, 2.24) is 0 Å². The van der Waals surface area contributed by atoms with Crippen molar-refractivity contribution in [3.63, 3.8) is 0 Å². The highest BCUT2D eigenvalue weighted by molar-refractivity contribution is 5.85. The molecule has 0 aliphatic heterocycles. The number of ether oxygens (including phenoxy) is 1. The van der Waals surface area contributed by atoms with E-state index in [9.17, 15) is 4.39 Å². The highest BCUT2D eigenvalue weighted by Crippen LogP contribution is 2.26. The minimum atomic E-state index is -0.330. The molecule has 16 heavy (non-hydrogen) atoms. The van der Waals surface area contributed by atoms with E-state index in [1.807, 2.05) is 0 Å². The third-order valence-corrected chi connectivity index (χ3v) is 2.48. The van der Waals surface area contributed by atoms with Crippen LogP contribution in [-0.4, -0.2) is 7.11 Å². The lowest BCUT2D eigenvalue weighted by atomic mass is 10.0. The molecule has 0 saturated heterocycles. The summed E-state index contributed by atoms with van der Waals surface area (Å²) in [7, 11) is 1.46. The molecule has 0 fully saturated rings. The van der Waals surface area contributed by atoms with Crippen molar-refractivity contribution in [2.45, 2.75) is 32.2 Å². The number of rotatable bonds is 5. The number of unbranched alkanes of at least 4 members (excludes halogenated alkanes) is 1. The SMILES string of the molecule is CCCC[C@H](N)c1cccc(OC)c1F.Cl. The van der Waals surface area contributed by atoms with Crippen LogP contribution in [0.4, 0.5) is 4.39 Å². The van der Waals surface area contributed by atoms with Crippen LogP contribution in [0.3, 0.4) is 0 Å². The summed E-state index contributed by atoms with van der Waals surface area (Å²) in [5.74, 6) is -0.0666. The molecule has 1 aromatic carbocycles. The minimum Gasteiger partial charge on any atom is -0.494 e. The van der Waals surface area contributed by atoms with E-state index in [1.165, 1.54) is 7.11 Å². The van der Waals surface area contributed by atoms with Gasteiger partial charge in [0, 0.05) is 11.6 Å². The number of hydrogen-bond acceptors (Lipinski definition) is 2. The number of halogens is 2. The van der Waals surface area contributed by atoms with Gasteiger partial charge in [-0.25, -0.2) is 4.39 Å². The van der Waals surface area contributed by atoms with Gasteiger partial charge in [-0.2, -0.15) is 0 Å². The van der Waals surface area contributed by atoms with E-state index in [0.717, 1.165) is 19.3 Å². The maximum atomic E-state index is 13.7. The molecule has 0 heterocycles. The molecule has 1 aromatic rings. The Hall–Kier alpha value is -0.800. The first-order valence-electron chi connectivity index (χ1n) is 5.28. The van der Waals surface area contributed by atoms with Crippen LogP contribution in [0.1, 0.15) is 37.8 Å². The summed E-state index contributed by atoms with van der Waals surface area (Å²) in [4.78, 5) is 0.